The van der Waals surface area contributed by atoms with Gasteiger partial charge in [0.25, 0.3) is 5.91 Å². The van der Waals surface area contributed by atoms with Crippen LogP contribution in [0.25, 0.3) is 10.8 Å². The Hall–Kier alpha value is -2.36. The average Bonchev–Trinajstić information content (AvgIpc) is 2.42. The van der Waals surface area contributed by atoms with Crippen molar-refractivity contribution in [2.24, 2.45) is 0 Å². The third-order valence-corrected chi connectivity index (χ3v) is 3.19. The van der Waals surface area contributed by atoms with Crippen molar-refractivity contribution < 1.29 is 14.3 Å². The second kappa shape index (κ2) is 4.72. The molecular weight excluding hydrogens is 242 g/mol. The number of carbonyl (C=O) groups is 2. The lowest BCUT2D eigenvalue weighted by atomic mass is 10.1. The molecule has 1 unspecified atom stereocenters. The molecule has 2 aromatic rings. The van der Waals surface area contributed by atoms with E-state index >= 15 is 0 Å². The van der Waals surface area contributed by atoms with Crippen LogP contribution in [0, 0.1) is 0 Å². The molecule has 3 rings (SSSR count). The molecule has 0 bridgehead atoms. The van der Waals surface area contributed by atoms with E-state index < -0.39 is 6.10 Å². The van der Waals surface area contributed by atoms with Gasteiger partial charge in [-0.05, 0) is 22.9 Å². The van der Waals surface area contributed by atoms with Crippen LogP contribution in [-0.4, -0.2) is 17.9 Å². The van der Waals surface area contributed by atoms with Gasteiger partial charge in [-0.3, -0.25) is 14.9 Å². The van der Waals surface area contributed by atoms with Gasteiger partial charge < -0.3 is 4.74 Å². The molecule has 1 N–H and O–H groups in total. The molecule has 0 spiro atoms. The number of hydrogen-bond acceptors (Lipinski definition) is 3. The second-order valence-corrected chi connectivity index (χ2v) is 4.57. The van der Waals surface area contributed by atoms with Crippen LogP contribution in [0.15, 0.2) is 42.5 Å². The lowest BCUT2D eigenvalue weighted by molar-refractivity contribution is -0.138. The van der Waals surface area contributed by atoms with Gasteiger partial charge in [0.15, 0.2) is 6.10 Å². The highest BCUT2D eigenvalue weighted by atomic mass is 16.5. The van der Waals surface area contributed by atoms with E-state index in [0.717, 1.165) is 10.8 Å². The topological polar surface area (TPSA) is 55.4 Å². The fourth-order valence-corrected chi connectivity index (χ4v) is 2.19. The summed E-state index contributed by atoms with van der Waals surface area (Å²) in [6.07, 6.45) is 0.167. The number of carbonyl (C=O) groups excluding carboxylic acids is 2. The number of rotatable bonds is 2. The first-order valence-electron chi connectivity index (χ1n) is 6.21. The summed E-state index contributed by atoms with van der Waals surface area (Å²) in [5.74, 6) is 0.0565. The first-order chi connectivity index (χ1) is 9.22. The van der Waals surface area contributed by atoms with Gasteiger partial charge in [-0.25, -0.2) is 0 Å². The standard InChI is InChI=1S/C15H13NO3/c17-14-8-7-13(15(18)16-14)19-12-6-5-10-3-1-2-4-11(10)9-12/h1-6,9,13H,7-8H2,(H,16,17,18). The Bertz CT molecular complexity index is 651. The molecule has 2 amide bonds. The van der Waals surface area contributed by atoms with Crippen molar-refractivity contribution in [3.8, 4) is 5.75 Å². The lowest BCUT2D eigenvalue weighted by Gasteiger charge is -2.22. The average molecular weight is 255 g/mol. The van der Waals surface area contributed by atoms with Crippen molar-refractivity contribution in [2.75, 3.05) is 0 Å². The summed E-state index contributed by atoms with van der Waals surface area (Å²) in [5, 5.41) is 4.47. The van der Waals surface area contributed by atoms with Gasteiger partial charge in [0, 0.05) is 12.8 Å². The van der Waals surface area contributed by atoms with Gasteiger partial charge >= 0.3 is 0 Å². The van der Waals surface area contributed by atoms with Crippen molar-refractivity contribution in [3.63, 3.8) is 0 Å². The van der Waals surface area contributed by atoms with E-state index in [4.69, 9.17) is 4.74 Å². The maximum absolute atomic E-state index is 11.6. The van der Waals surface area contributed by atoms with Crippen molar-refractivity contribution >= 4 is 22.6 Å². The van der Waals surface area contributed by atoms with Gasteiger partial charge in [0.2, 0.25) is 5.91 Å². The molecule has 0 aliphatic carbocycles. The fraction of sp³-hybridized carbons (Fsp3) is 0.200. The molecule has 1 aliphatic heterocycles. The van der Waals surface area contributed by atoms with Crippen LogP contribution in [0.5, 0.6) is 5.75 Å². The highest BCUT2D eigenvalue weighted by Gasteiger charge is 2.28. The molecule has 1 fully saturated rings. The summed E-state index contributed by atoms with van der Waals surface area (Å²) in [7, 11) is 0. The van der Waals surface area contributed by atoms with Crippen LogP contribution in [0.2, 0.25) is 0 Å². The summed E-state index contributed by atoms with van der Waals surface area (Å²) in [4.78, 5) is 22.7. The Kier molecular flexibility index (Phi) is 2.91. The smallest absolute Gasteiger partial charge is 0.267 e. The Labute approximate surface area is 110 Å². The van der Waals surface area contributed by atoms with Crippen LogP contribution in [0.1, 0.15) is 12.8 Å². The summed E-state index contributed by atoms with van der Waals surface area (Å²) in [6, 6.07) is 13.6. The Balaban J connectivity index is 1.81. The molecule has 1 aliphatic rings. The highest BCUT2D eigenvalue weighted by Crippen LogP contribution is 2.22. The zero-order valence-corrected chi connectivity index (χ0v) is 10.3. The van der Waals surface area contributed by atoms with E-state index in [1.165, 1.54) is 0 Å². The van der Waals surface area contributed by atoms with Gasteiger partial charge in [-0.2, -0.15) is 0 Å². The largest absolute Gasteiger partial charge is 0.481 e. The number of fused-ring (bicyclic) bond motifs is 1. The molecule has 4 heteroatoms. The Morgan fingerprint density at radius 2 is 1.84 bits per heavy atom. The second-order valence-electron chi connectivity index (χ2n) is 4.57. The van der Waals surface area contributed by atoms with Crippen LogP contribution < -0.4 is 10.1 Å². The SMILES string of the molecule is O=C1CCC(Oc2ccc3ccccc3c2)C(=O)N1. The molecule has 4 nitrogen and oxygen atoms in total. The molecule has 0 saturated carbocycles. The van der Waals surface area contributed by atoms with Crippen molar-refractivity contribution in [1.29, 1.82) is 0 Å². The molecule has 19 heavy (non-hydrogen) atoms. The Morgan fingerprint density at radius 3 is 2.63 bits per heavy atom. The number of hydrogen-bond donors (Lipinski definition) is 1. The Morgan fingerprint density at radius 1 is 1.05 bits per heavy atom. The highest BCUT2D eigenvalue weighted by molar-refractivity contribution is 6.00. The van der Waals surface area contributed by atoms with Gasteiger partial charge in [-0.1, -0.05) is 30.3 Å². The zero-order chi connectivity index (χ0) is 13.2. The first kappa shape index (κ1) is 11.7. The molecule has 1 atom stereocenters. The number of ether oxygens (including phenoxy) is 1. The van der Waals surface area contributed by atoms with Gasteiger partial charge in [0.05, 0.1) is 0 Å². The van der Waals surface area contributed by atoms with Gasteiger partial charge in [0.1, 0.15) is 5.75 Å². The van der Waals surface area contributed by atoms with Crippen LogP contribution in [-0.2, 0) is 9.59 Å². The number of imide groups is 1. The minimum Gasteiger partial charge on any atom is -0.481 e. The predicted molar refractivity (Wildman–Crippen MR) is 70.7 cm³/mol. The van der Waals surface area contributed by atoms with Crippen LogP contribution >= 0.6 is 0 Å². The third-order valence-electron chi connectivity index (χ3n) is 3.19. The summed E-state index contributed by atoms with van der Waals surface area (Å²) in [5.41, 5.74) is 0. The van der Waals surface area contributed by atoms with Crippen molar-refractivity contribution in [1.82, 2.24) is 5.32 Å². The lowest BCUT2D eigenvalue weighted by Crippen LogP contribution is -2.46. The van der Waals surface area contributed by atoms with E-state index in [1.807, 2.05) is 42.5 Å². The molecule has 1 heterocycles. The van der Waals surface area contributed by atoms with E-state index in [9.17, 15) is 9.59 Å². The minimum absolute atomic E-state index is 0.233. The van der Waals surface area contributed by atoms with Gasteiger partial charge in [-0.15, -0.1) is 0 Å². The number of nitrogens with one attached hydrogen (secondary N) is 1. The molecule has 1 saturated heterocycles. The van der Waals surface area contributed by atoms with E-state index in [1.54, 1.807) is 0 Å². The molecule has 96 valence electrons. The van der Waals surface area contributed by atoms with E-state index in [-0.39, 0.29) is 11.8 Å². The first-order valence-corrected chi connectivity index (χ1v) is 6.21. The van der Waals surface area contributed by atoms with Crippen LogP contribution in [0.3, 0.4) is 0 Å². The normalized spacial score (nSPS) is 19.3. The number of amides is 2. The predicted octanol–water partition coefficient (Wildman–Crippen LogP) is 2.02. The number of benzene rings is 2. The molecular formula is C15H13NO3. The van der Waals surface area contributed by atoms with E-state index in [2.05, 4.69) is 5.32 Å². The maximum Gasteiger partial charge on any atom is 0.267 e. The monoisotopic (exact) mass is 255 g/mol. The fourth-order valence-electron chi connectivity index (χ4n) is 2.19. The van der Waals surface area contributed by atoms with E-state index in [0.29, 0.717) is 18.6 Å². The summed E-state index contributed by atoms with van der Waals surface area (Å²) in [6.45, 7) is 0. The molecule has 0 aromatic heterocycles. The summed E-state index contributed by atoms with van der Waals surface area (Å²) < 4.78 is 5.66. The van der Waals surface area contributed by atoms with Crippen molar-refractivity contribution in [3.05, 3.63) is 42.5 Å². The van der Waals surface area contributed by atoms with Crippen molar-refractivity contribution in [2.45, 2.75) is 18.9 Å². The minimum atomic E-state index is -0.584. The third kappa shape index (κ3) is 2.42. The quantitative estimate of drug-likeness (QED) is 0.835. The molecule has 0 radical (unpaired) electrons. The summed E-state index contributed by atoms with van der Waals surface area (Å²) >= 11 is 0. The number of piperidine rings is 1. The molecule has 2 aromatic carbocycles. The van der Waals surface area contributed by atoms with Crippen LogP contribution in [0.4, 0.5) is 0 Å². The zero-order valence-electron chi connectivity index (χ0n) is 10.3. The maximum atomic E-state index is 11.6.